The molecule has 0 bridgehead atoms. The minimum absolute atomic E-state index is 0.204. The minimum Gasteiger partial charge on any atom is -0.313 e. The van der Waals surface area contributed by atoms with Gasteiger partial charge in [-0.1, -0.05) is 0 Å². The highest BCUT2D eigenvalue weighted by atomic mass is 32.2. The second kappa shape index (κ2) is 4.47. The SMILES string of the molecule is CNCc1ncc2c(n1)CCS(=O)(=O)CC2. The van der Waals surface area contributed by atoms with Crippen LogP contribution in [0.5, 0.6) is 0 Å². The highest BCUT2D eigenvalue weighted by Crippen LogP contribution is 2.14. The van der Waals surface area contributed by atoms with Gasteiger partial charge in [0.2, 0.25) is 0 Å². The first-order valence-corrected chi connectivity index (χ1v) is 7.11. The lowest BCUT2D eigenvalue weighted by atomic mass is 10.1. The molecule has 0 amide bonds. The number of nitrogens with one attached hydrogen (secondary N) is 1. The summed E-state index contributed by atoms with van der Waals surface area (Å²) in [6.45, 7) is 0.611. The summed E-state index contributed by atoms with van der Waals surface area (Å²) in [7, 11) is -1.06. The van der Waals surface area contributed by atoms with Gasteiger partial charge in [0.15, 0.2) is 9.84 Å². The fourth-order valence-corrected chi connectivity index (χ4v) is 3.01. The lowest BCUT2D eigenvalue weighted by molar-refractivity contribution is 0.596. The van der Waals surface area contributed by atoms with Crippen molar-refractivity contribution in [3.63, 3.8) is 0 Å². The van der Waals surface area contributed by atoms with Crippen LogP contribution in [0.3, 0.4) is 0 Å². The Bertz CT molecular complexity index is 485. The van der Waals surface area contributed by atoms with Crippen LogP contribution in [0.25, 0.3) is 0 Å². The molecule has 0 spiro atoms. The third-order valence-electron chi connectivity index (χ3n) is 2.67. The molecule has 0 radical (unpaired) electrons. The van der Waals surface area contributed by atoms with E-state index in [4.69, 9.17) is 0 Å². The van der Waals surface area contributed by atoms with E-state index in [2.05, 4.69) is 15.3 Å². The Morgan fingerprint density at radius 3 is 2.88 bits per heavy atom. The third kappa shape index (κ3) is 2.56. The molecule has 88 valence electrons. The average Bonchev–Trinajstić information content (AvgIpc) is 2.39. The molecular formula is C10H15N3O2S. The molecule has 0 fully saturated rings. The average molecular weight is 241 g/mol. The van der Waals surface area contributed by atoms with E-state index in [1.807, 2.05) is 7.05 Å². The molecule has 1 N–H and O–H groups in total. The summed E-state index contributed by atoms with van der Waals surface area (Å²) >= 11 is 0. The zero-order valence-corrected chi connectivity index (χ0v) is 10.0. The molecule has 16 heavy (non-hydrogen) atoms. The number of hydrogen-bond donors (Lipinski definition) is 1. The van der Waals surface area contributed by atoms with Crippen LogP contribution in [0.2, 0.25) is 0 Å². The third-order valence-corrected chi connectivity index (χ3v) is 4.32. The predicted molar refractivity (Wildman–Crippen MR) is 60.9 cm³/mol. The Morgan fingerprint density at radius 1 is 1.38 bits per heavy atom. The Labute approximate surface area is 95.2 Å². The van der Waals surface area contributed by atoms with E-state index in [1.54, 1.807) is 6.20 Å². The van der Waals surface area contributed by atoms with E-state index >= 15 is 0 Å². The Morgan fingerprint density at radius 2 is 2.12 bits per heavy atom. The van der Waals surface area contributed by atoms with Crippen LogP contribution >= 0.6 is 0 Å². The Hall–Kier alpha value is -1.01. The van der Waals surface area contributed by atoms with Gasteiger partial charge in [-0.25, -0.2) is 18.4 Å². The van der Waals surface area contributed by atoms with E-state index < -0.39 is 9.84 Å². The molecule has 0 saturated carbocycles. The summed E-state index contributed by atoms with van der Waals surface area (Å²) in [5, 5.41) is 2.98. The highest BCUT2D eigenvalue weighted by Gasteiger charge is 2.19. The summed E-state index contributed by atoms with van der Waals surface area (Å²) in [6, 6.07) is 0. The maximum absolute atomic E-state index is 11.5. The lowest BCUT2D eigenvalue weighted by Crippen LogP contribution is -2.12. The van der Waals surface area contributed by atoms with E-state index in [0.717, 1.165) is 17.1 Å². The summed E-state index contributed by atoms with van der Waals surface area (Å²) in [4.78, 5) is 8.59. The molecule has 6 heteroatoms. The maximum atomic E-state index is 11.5. The monoisotopic (exact) mass is 241 g/mol. The quantitative estimate of drug-likeness (QED) is 0.770. The number of hydrogen-bond acceptors (Lipinski definition) is 5. The first-order valence-electron chi connectivity index (χ1n) is 5.29. The van der Waals surface area contributed by atoms with Crippen molar-refractivity contribution in [3.05, 3.63) is 23.3 Å². The van der Waals surface area contributed by atoms with Crippen molar-refractivity contribution in [3.8, 4) is 0 Å². The summed E-state index contributed by atoms with van der Waals surface area (Å²) in [5.74, 6) is 1.14. The number of nitrogens with zero attached hydrogens (tertiary/aromatic N) is 2. The van der Waals surface area contributed by atoms with Crippen molar-refractivity contribution in [1.82, 2.24) is 15.3 Å². The minimum atomic E-state index is -2.90. The van der Waals surface area contributed by atoms with Crippen LogP contribution in [0, 0.1) is 0 Å². The van der Waals surface area contributed by atoms with Crippen molar-refractivity contribution in [2.75, 3.05) is 18.6 Å². The fraction of sp³-hybridized carbons (Fsp3) is 0.600. The molecule has 2 rings (SSSR count). The number of rotatable bonds is 2. The Kier molecular flexibility index (Phi) is 3.20. The molecule has 0 saturated heterocycles. The van der Waals surface area contributed by atoms with Crippen LogP contribution < -0.4 is 5.32 Å². The van der Waals surface area contributed by atoms with Gasteiger partial charge in [-0.3, -0.25) is 0 Å². The summed E-state index contributed by atoms with van der Waals surface area (Å²) < 4.78 is 23.0. The fourth-order valence-electron chi connectivity index (χ4n) is 1.77. The predicted octanol–water partition coefficient (Wildman–Crippen LogP) is -0.291. The van der Waals surface area contributed by atoms with E-state index in [0.29, 0.717) is 19.4 Å². The number of aromatic nitrogens is 2. The van der Waals surface area contributed by atoms with Crippen LogP contribution in [0.15, 0.2) is 6.20 Å². The number of sulfone groups is 1. The van der Waals surface area contributed by atoms with Crippen molar-refractivity contribution in [2.45, 2.75) is 19.4 Å². The molecule has 0 aromatic carbocycles. The van der Waals surface area contributed by atoms with Crippen molar-refractivity contribution < 1.29 is 8.42 Å². The van der Waals surface area contributed by atoms with E-state index in [-0.39, 0.29) is 11.5 Å². The molecular weight excluding hydrogens is 226 g/mol. The topological polar surface area (TPSA) is 72.0 Å². The van der Waals surface area contributed by atoms with Crippen LogP contribution in [0.1, 0.15) is 17.1 Å². The van der Waals surface area contributed by atoms with Crippen LogP contribution in [-0.4, -0.2) is 36.9 Å². The van der Waals surface area contributed by atoms with E-state index in [9.17, 15) is 8.42 Å². The normalized spacial score (nSPS) is 18.8. The van der Waals surface area contributed by atoms with Gasteiger partial charge >= 0.3 is 0 Å². The number of aryl methyl sites for hydroxylation is 2. The van der Waals surface area contributed by atoms with Crippen molar-refractivity contribution in [2.24, 2.45) is 0 Å². The second-order valence-corrected chi connectivity index (χ2v) is 6.24. The van der Waals surface area contributed by atoms with Gasteiger partial charge < -0.3 is 5.32 Å². The molecule has 1 aromatic heterocycles. The second-order valence-electron chi connectivity index (χ2n) is 3.94. The molecule has 0 atom stereocenters. The van der Waals surface area contributed by atoms with Gasteiger partial charge in [0.1, 0.15) is 5.82 Å². The molecule has 1 aromatic rings. The van der Waals surface area contributed by atoms with E-state index in [1.165, 1.54) is 0 Å². The first kappa shape index (κ1) is 11.5. The molecule has 0 unspecified atom stereocenters. The molecule has 0 aliphatic carbocycles. The van der Waals surface area contributed by atoms with Gasteiger partial charge in [0, 0.05) is 18.3 Å². The van der Waals surface area contributed by atoms with Gasteiger partial charge in [-0.15, -0.1) is 0 Å². The van der Waals surface area contributed by atoms with Crippen molar-refractivity contribution >= 4 is 9.84 Å². The van der Waals surface area contributed by atoms with Gasteiger partial charge in [-0.2, -0.15) is 0 Å². The zero-order valence-electron chi connectivity index (χ0n) is 9.23. The van der Waals surface area contributed by atoms with Crippen molar-refractivity contribution in [1.29, 1.82) is 0 Å². The largest absolute Gasteiger partial charge is 0.313 e. The van der Waals surface area contributed by atoms with Crippen LogP contribution in [-0.2, 0) is 29.2 Å². The zero-order chi connectivity index (χ0) is 11.6. The summed E-state index contributed by atoms with van der Waals surface area (Å²) in [6.07, 6.45) is 2.81. The van der Waals surface area contributed by atoms with Gasteiger partial charge in [0.25, 0.3) is 0 Å². The smallest absolute Gasteiger partial charge is 0.151 e. The highest BCUT2D eigenvalue weighted by molar-refractivity contribution is 7.91. The number of fused-ring (bicyclic) bond motifs is 1. The van der Waals surface area contributed by atoms with Gasteiger partial charge in [-0.05, 0) is 19.0 Å². The summed E-state index contributed by atoms with van der Waals surface area (Å²) in [5.41, 5.74) is 1.86. The molecule has 1 aliphatic rings. The van der Waals surface area contributed by atoms with Gasteiger partial charge in [0.05, 0.1) is 18.1 Å². The standard InChI is InChI=1S/C10H15N3O2S/c1-11-7-10-12-6-8-2-4-16(14,15)5-3-9(8)13-10/h6,11H,2-5,7H2,1H3. The first-order chi connectivity index (χ1) is 7.61. The van der Waals surface area contributed by atoms with Crippen LogP contribution in [0.4, 0.5) is 0 Å². The molecule has 2 heterocycles. The maximum Gasteiger partial charge on any atom is 0.151 e. The lowest BCUT2D eigenvalue weighted by Gasteiger charge is -2.05. The Balaban J connectivity index is 2.28. The molecule has 1 aliphatic heterocycles. The molecule has 5 nitrogen and oxygen atoms in total.